The molecule has 2 rings (SSSR count). The van der Waals surface area contributed by atoms with Crippen LogP contribution in [-0.4, -0.2) is 20.8 Å². The Balaban J connectivity index is 2.25. The molecule has 0 spiro atoms. The number of hydrogen-bond acceptors (Lipinski definition) is 5. The van der Waals surface area contributed by atoms with Crippen molar-refractivity contribution in [2.24, 2.45) is 7.05 Å². The largest absolute Gasteiger partial charge is 0.394 e. The molecule has 2 aromatic rings. The number of anilines is 2. The van der Waals surface area contributed by atoms with Crippen molar-refractivity contribution in [2.45, 2.75) is 6.92 Å². The molecular formula is C9H11N5O2. The van der Waals surface area contributed by atoms with E-state index in [0.29, 0.717) is 17.2 Å². The molecule has 0 saturated carbocycles. The van der Waals surface area contributed by atoms with Crippen LogP contribution in [0.25, 0.3) is 0 Å². The molecule has 0 radical (unpaired) electrons. The van der Waals surface area contributed by atoms with Crippen molar-refractivity contribution in [3.8, 4) is 0 Å². The number of nitrogens with two attached hydrogens (primary N) is 1. The minimum atomic E-state index is -0.386. The van der Waals surface area contributed by atoms with Gasteiger partial charge in [0.05, 0.1) is 11.4 Å². The summed E-state index contributed by atoms with van der Waals surface area (Å²) in [5.74, 6) is 0.0638. The molecule has 7 heteroatoms. The maximum Gasteiger partial charge on any atom is 0.279 e. The molecule has 3 N–H and O–H groups in total. The number of rotatable bonds is 2. The first-order valence-electron chi connectivity index (χ1n) is 4.60. The lowest BCUT2D eigenvalue weighted by molar-refractivity contribution is 0.101. The number of hydrogen-bond donors (Lipinski definition) is 2. The molecule has 0 bridgehead atoms. The van der Waals surface area contributed by atoms with Gasteiger partial charge in [-0.1, -0.05) is 5.16 Å². The molecule has 0 atom stereocenters. The summed E-state index contributed by atoms with van der Waals surface area (Å²) < 4.78 is 6.08. The normalized spacial score (nSPS) is 10.4. The molecule has 1 amide bonds. The molecule has 0 aromatic carbocycles. The van der Waals surface area contributed by atoms with Gasteiger partial charge in [0, 0.05) is 13.1 Å². The number of nitrogens with one attached hydrogen (secondary N) is 1. The summed E-state index contributed by atoms with van der Waals surface area (Å²) in [4.78, 5) is 11.7. The minimum Gasteiger partial charge on any atom is -0.394 e. The Hall–Kier alpha value is -2.31. The van der Waals surface area contributed by atoms with E-state index in [1.807, 2.05) is 0 Å². The first-order valence-corrected chi connectivity index (χ1v) is 4.60. The zero-order chi connectivity index (χ0) is 11.7. The standard InChI is InChI=1S/C9H11N5O2/c1-5-7(10)8(14(2)12-5)11-9(15)6-3-4-16-13-6/h3-4H,10H2,1-2H3,(H,11,15). The fourth-order valence-corrected chi connectivity index (χ4v) is 1.32. The highest BCUT2D eigenvalue weighted by molar-refractivity contribution is 6.03. The fourth-order valence-electron chi connectivity index (χ4n) is 1.32. The van der Waals surface area contributed by atoms with Crippen molar-refractivity contribution in [1.82, 2.24) is 14.9 Å². The van der Waals surface area contributed by atoms with Gasteiger partial charge < -0.3 is 15.6 Å². The van der Waals surface area contributed by atoms with Crippen LogP contribution in [-0.2, 0) is 7.05 Å². The van der Waals surface area contributed by atoms with Crippen molar-refractivity contribution in [1.29, 1.82) is 0 Å². The summed E-state index contributed by atoms with van der Waals surface area (Å²) in [6.45, 7) is 1.76. The average molecular weight is 221 g/mol. The average Bonchev–Trinajstić information content (AvgIpc) is 2.83. The topological polar surface area (TPSA) is 99.0 Å². The smallest absolute Gasteiger partial charge is 0.279 e. The maximum atomic E-state index is 11.7. The van der Waals surface area contributed by atoms with Crippen LogP contribution in [0.5, 0.6) is 0 Å². The molecule has 0 aliphatic rings. The van der Waals surface area contributed by atoms with E-state index in [1.165, 1.54) is 17.0 Å². The zero-order valence-corrected chi connectivity index (χ0v) is 8.89. The molecule has 2 aromatic heterocycles. The predicted molar refractivity (Wildman–Crippen MR) is 56.8 cm³/mol. The van der Waals surface area contributed by atoms with Crippen LogP contribution in [0.4, 0.5) is 11.5 Å². The quantitative estimate of drug-likeness (QED) is 0.771. The minimum absolute atomic E-state index is 0.193. The Kier molecular flexibility index (Phi) is 2.35. The summed E-state index contributed by atoms with van der Waals surface area (Å²) in [7, 11) is 1.70. The lowest BCUT2D eigenvalue weighted by Crippen LogP contribution is -2.15. The molecular weight excluding hydrogens is 210 g/mol. The van der Waals surface area contributed by atoms with Gasteiger partial charge in [0.25, 0.3) is 5.91 Å². The monoisotopic (exact) mass is 221 g/mol. The number of carbonyl (C=O) groups is 1. The third-order valence-electron chi connectivity index (χ3n) is 2.17. The van der Waals surface area contributed by atoms with Gasteiger partial charge in [-0.15, -0.1) is 0 Å². The number of aryl methyl sites for hydroxylation is 2. The third-order valence-corrected chi connectivity index (χ3v) is 2.17. The molecule has 0 aliphatic heterocycles. The van der Waals surface area contributed by atoms with E-state index in [0.717, 1.165) is 0 Å². The molecule has 7 nitrogen and oxygen atoms in total. The second kappa shape index (κ2) is 3.69. The first kappa shape index (κ1) is 10.2. The van der Waals surface area contributed by atoms with Crippen LogP contribution >= 0.6 is 0 Å². The Morgan fingerprint density at radius 2 is 2.38 bits per heavy atom. The highest BCUT2D eigenvalue weighted by Crippen LogP contribution is 2.21. The lowest BCUT2D eigenvalue weighted by Gasteiger charge is -2.03. The van der Waals surface area contributed by atoms with Crippen LogP contribution in [0.2, 0.25) is 0 Å². The number of carbonyl (C=O) groups excluding carboxylic acids is 1. The van der Waals surface area contributed by atoms with E-state index in [4.69, 9.17) is 5.73 Å². The van der Waals surface area contributed by atoms with Gasteiger partial charge in [0.1, 0.15) is 6.26 Å². The highest BCUT2D eigenvalue weighted by atomic mass is 16.5. The second-order valence-electron chi connectivity index (χ2n) is 3.31. The first-order chi connectivity index (χ1) is 7.59. The maximum absolute atomic E-state index is 11.7. The van der Waals surface area contributed by atoms with E-state index in [-0.39, 0.29) is 11.6 Å². The summed E-state index contributed by atoms with van der Waals surface area (Å²) in [5, 5.41) is 10.2. The van der Waals surface area contributed by atoms with E-state index in [2.05, 4.69) is 20.1 Å². The second-order valence-corrected chi connectivity index (χ2v) is 3.31. The summed E-state index contributed by atoms with van der Waals surface area (Å²) >= 11 is 0. The molecule has 84 valence electrons. The number of nitrogens with zero attached hydrogens (tertiary/aromatic N) is 3. The molecule has 0 aliphatic carbocycles. The van der Waals surface area contributed by atoms with Crippen LogP contribution in [0.1, 0.15) is 16.2 Å². The van der Waals surface area contributed by atoms with Crippen molar-refractivity contribution in [3.63, 3.8) is 0 Å². The molecule has 2 heterocycles. The lowest BCUT2D eigenvalue weighted by atomic mass is 10.3. The summed E-state index contributed by atoms with van der Waals surface area (Å²) in [6, 6.07) is 1.47. The molecule has 0 fully saturated rings. The van der Waals surface area contributed by atoms with Crippen LogP contribution in [0.3, 0.4) is 0 Å². The van der Waals surface area contributed by atoms with Crippen LogP contribution in [0.15, 0.2) is 16.9 Å². The van der Waals surface area contributed by atoms with E-state index >= 15 is 0 Å². The van der Waals surface area contributed by atoms with E-state index < -0.39 is 0 Å². The van der Waals surface area contributed by atoms with Gasteiger partial charge >= 0.3 is 0 Å². The van der Waals surface area contributed by atoms with Gasteiger partial charge in [0.15, 0.2) is 11.5 Å². The van der Waals surface area contributed by atoms with Crippen molar-refractivity contribution < 1.29 is 9.32 Å². The van der Waals surface area contributed by atoms with Crippen molar-refractivity contribution in [2.75, 3.05) is 11.1 Å². The van der Waals surface area contributed by atoms with Gasteiger partial charge in [0.2, 0.25) is 0 Å². The van der Waals surface area contributed by atoms with E-state index in [9.17, 15) is 4.79 Å². The number of aromatic nitrogens is 3. The SMILES string of the molecule is Cc1nn(C)c(NC(=O)c2ccon2)c1N. The Bertz CT molecular complexity index is 514. The Labute approximate surface area is 91.2 Å². The Morgan fingerprint density at radius 3 is 2.88 bits per heavy atom. The van der Waals surface area contributed by atoms with Crippen LogP contribution < -0.4 is 11.1 Å². The molecule has 16 heavy (non-hydrogen) atoms. The number of amides is 1. The Morgan fingerprint density at radius 1 is 1.62 bits per heavy atom. The third kappa shape index (κ3) is 1.62. The summed E-state index contributed by atoms with van der Waals surface area (Å²) in [6.07, 6.45) is 1.33. The van der Waals surface area contributed by atoms with Crippen LogP contribution in [0, 0.1) is 6.92 Å². The van der Waals surface area contributed by atoms with Crippen molar-refractivity contribution >= 4 is 17.4 Å². The van der Waals surface area contributed by atoms with Gasteiger partial charge in [-0.3, -0.25) is 9.48 Å². The van der Waals surface area contributed by atoms with Gasteiger partial charge in [-0.05, 0) is 6.92 Å². The predicted octanol–water partition coefficient (Wildman–Crippen LogP) is 0.551. The van der Waals surface area contributed by atoms with Gasteiger partial charge in [-0.25, -0.2) is 0 Å². The number of nitrogen functional groups attached to an aromatic ring is 1. The highest BCUT2D eigenvalue weighted by Gasteiger charge is 2.15. The summed E-state index contributed by atoms with van der Waals surface area (Å²) in [5.41, 5.74) is 7.06. The fraction of sp³-hybridized carbons (Fsp3) is 0.222. The molecule has 0 unspecified atom stereocenters. The zero-order valence-electron chi connectivity index (χ0n) is 8.89. The van der Waals surface area contributed by atoms with Gasteiger partial charge in [-0.2, -0.15) is 5.10 Å². The molecule has 0 saturated heterocycles. The van der Waals surface area contributed by atoms with Crippen molar-refractivity contribution in [3.05, 3.63) is 23.7 Å². The van der Waals surface area contributed by atoms with E-state index in [1.54, 1.807) is 14.0 Å².